The van der Waals surface area contributed by atoms with E-state index in [0.29, 0.717) is 0 Å². The molecule has 0 unspecified atom stereocenters. The molecule has 4 nitrogen and oxygen atoms in total. The van der Waals surface area contributed by atoms with Crippen LogP contribution in [0.25, 0.3) is 0 Å². The summed E-state index contributed by atoms with van der Waals surface area (Å²) in [6.07, 6.45) is -14.4. The van der Waals surface area contributed by atoms with E-state index in [0.717, 1.165) is 24.3 Å². The Labute approximate surface area is 153 Å². The highest BCUT2D eigenvalue weighted by molar-refractivity contribution is 5.98. The normalized spacial score (nSPS) is 18.0. The summed E-state index contributed by atoms with van der Waals surface area (Å²) in [5.41, 5.74) is 4.63. The Morgan fingerprint density at radius 3 is 2.18 bits per heavy atom. The molecule has 0 spiro atoms. The minimum absolute atomic E-state index is 0.0205. The molecule has 0 saturated carbocycles. The molecule has 2 aromatic rings. The Hall–Kier alpha value is -2.98. The molecule has 3 rings (SSSR count). The van der Waals surface area contributed by atoms with Crippen molar-refractivity contribution >= 4 is 5.84 Å². The van der Waals surface area contributed by atoms with Crippen LogP contribution in [0.2, 0.25) is 0 Å². The first-order valence-electron chi connectivity index (χ1n) is 7.64. The number of hydrogen-bond donors (Lipinski definition) is 1. The van der Waals surface area contributed by atoms with Gasteiger partial charge in [0.15, 0.2) is 11.5 Å². The number of halogens is 7. The lowest BCUT2D eigenvalue weighted by atomic mass is 10.1. The summed E-state index contributed by atoms with van der Waals surface area (Å²) >= 11 is 0. The van der Waals surface area contributed by atoms with Gasteiger partial charge in [-0.15, -0.1) is 0 Å². The maximum absolute atomic E-state index is 13.3. The number of amidine groups is 1. The molecule has 0 saturated heterocycles. The smallest absolute Gasteiger partial charge is 0.421 e. The highest BCUT2D eigenvalue weighted by Crippen LogP contribution is 2.47. The fraction of sp³-hybridized carbons (Fsp3) is 0.235. The summed E-state index contributed by atoms with van der Waals surface area (Å²) in [5.74, 6) is -1.65. The number of nitrogens with two attached hydrogens (primary N) is 1. The van der Waals surface area contributed by atoms with E-state index in [-0.39, 0.29) is 17.0 Å². The van der Waals surface area contributed by atoms with Crippen LogP contribution in [0.3, 0.4) is 0 Å². The van der Waals surface area contributed by atoms with Gasteiger partial charge in [-0.2, -0.15) is 30.7 Å². The minimum atomic E-state index is -4.91. The summed E-state index contributed by atoms with van der Waals surface area (Å²) in [7, 11) is 0. The van der Waals surface area contributed by atoms with Crippen molar-refractivity contribution in [3.8, 4) is 11.5 Å². The van der Waals surface area contributed by atoms with Crippen molar-refractivity contribution in [1.29, 1.82) is 0 Å². The van der Waals surface area contributed by atoms with Gasteiger partial charge in [-0.25, -0.2) is 0 Å². The molecule has 2 N–H and O–H groups in total. The van der Waals surface area contributed by atoms with Crippen molar-refractivity contribution in [3.05, 3.63) is 59.2 Å². The maximum atomic E-state index is 13.3. The molecular weight excluding hydrogens is 397 g/mol. The number of ether oxygens (including phenoxy) is 2. The molecule has 0 radical (unpaired) electrons. The highest BCUT2D eigenvalue weighted by Gasteiger charge is 2.65. The molecule has 0 fully saturated rings. The summed E-state index contributed by atoms with van der Waals surface area (Å²) in [5, 5.41) is 0. The van der Waals surface area contributed by atoms with E-state index in [1.165, 1.54) is 18.2 Å². The standard InChI is InChI=1S/C17H11F7N2O2/c18-15(19,20)11-4-2-1-3-10(11)8-26-14(25)9-5-6-12-13(7-9)28-17(23,24)16(21,22)27-12/h1-7H,8H2,(H2,25,26). The van der Waals surface area contributed by atoms with Gasteiger partial charge in [-0.3, -0.25) is 4.99 Å². The zero-order valence-electron chi connectivity index (χ0n) is 13.7. The first-order valence-corrected chi connectivity index (χ1v) is 7.64. The van der Waals surface area contributed by atoms with E-state index in [1.54, 1.807) is 0 Å². The van der Waals surface area contributed by atoms with Crippen LogP contribution in [0.15, 0.2) is 47.5 Å². The van der Waals surface area contributed by atoms with E-state index in [1.807, 2.05) is 0 Å². The lowest BCUT2D eigenvalue weighted by Gasteiger charge is -2.31. The third kappa shape index (κ3) is 3.69. The van der Waals surface area contributed by atoms with Gasteiger partial charge in [0.25, 0.3) is 0 Å². The summed E-state index contributed by atoms with van der Waals surface area (Å²) < 4.78 is 99.6. The van der Waals surface area contributed by atoms with Crippen LogP contribution >= 0.6 is 0 Å². The van der Waals surface area contributed by atoms with Crippen LogP contribution in [0.4, 0.5) is 30.7 Å². The Morgan fingerprint density at radius 2 is 1.54 bits per heavy atom. The Bertz CT molecular complexity index is 926. The second-order valence-electron chi connectivity index (χ2n) is 5.76. The second-order valence-corrected chi connectivity index (χ2v) is 5.76. The van der Waals surface area contributed by atoms with E-state index in [9.17, 15) is 30.7 Å². The molecule has 0 aromatic heterocycles. The Kier molecular flexibility index (Phi) is 4.64. The molecule has 1 heterocycles. The van der Waals surface area contributed by atoms with Gasteiger partial charge < -0.3 is 15.2 Å². The Balaban J connectivity index is 1.86. The van der Waals surface area contributed by atoms with Crippen molar-refractivity contribution in [3.63, 3.8) is 0 Å². The van der Waals surface area contributed by atoms with Gasteiger partial charge >= 0.3 is 18.4 Å². The number of benzene rings is 2. The topological polar surface area (TPSA) is 56.8 Å². The first kappa shape index (κ1) is 19.8. The van der Waals surface area contributed by atoms with Gasteiger partial charge in [0, 0.05) is 5.56 Å². The van der Waals surface area contributed by atoms with Gasteiger partial charge in [0.1, 0.15) is 5.84 Å². The van der Waals surface area contributed by atoms with Crippen molar-refractivity contribution in [1.82, 2.24) is 0 Å². The zero-order chi connectivity index (χ0) is 20.7. The molecule has 0 amide bonds. The summed E-state index contributed by atoms with van der Waals surface area (Å²) in [6.45, 7) is -0.440. The van der Waals surface area contributed by atoms with Crippen LogP contribution in [0.1, 0.15) is 16.7 Å². The largest absolute Gasteiger partial charge is 0.507 e. The number of aliphatic imine (C=N–C) groups is 1. The predicted molar refractivity (Wildman–Crippen MR) is 83.5 cm³/mol. The van der Waals surface area contributed by atoms with Crippen molar-refractivity contribution in [2.24, 2.45) is 10.7 Å². The molecule has 1 aliphatic rings. The monoisotopic (exact) mass is 408 g/mol. The third-order valence-corrected chi connectivity index (χ3v) is 3.80. The molecule has 28 heavy (non-hydrogen) atoms. The average Bonchev–Trinajstić information content (AvgIpc) is 2.59. The highest BCUT2D eigenvalue weighted by atomic mass is 19.4. The maximum Gasteiger partial charge on any atom is 0.507 e. The molecule has 1 aliphatic heterocycles. The second kappa shape index (κ2) is 6.57. The fourth-order valence-electron chi connectivity index (χ4n) is 2.42. The quantitative estimate of drug-likeness (QED) is 0.460. The third-order valence-electron chi connectivity index (χ3n) is 3.80. The van der Waals surface area contributed by atoms with Gasteiger partial charge in [-0.05, 0) is 29.8 Å². The van der Waals surface area contributed by atoms with E-state index in [4.69, 9.17) is 5.73 Å². The van der Waals surface area contributed by atoms with Gasteiger partial charge in [0.05, 0.1) is 12.1 Å². The summed E-state index contributed by atoms with van der Waals surface area (Å²) in [4.78, 5) is 3.82. The van der Waals surface area contributed by atoms with Crippen molar-refractivity contribution < 1.29 is 40.2 Å². The number of nitrogens with zero attached hydrogens (tertiary/aromatic N) is 1. The van der Waals surface area contributed by atoms with Crippen LogP contribution < -0.4 is 15.2 Å². The Morgan fingerprint density at radius 1 is 0.929 bits per heavy atom. The van der Waals surface area contributed by atoms with E-state index >= 15 is 0 Å². The average molecular weight is 408 g/mol. The van der Waals surface area contributed by atoms with Crippen LogP contribution in [-0.2, 0) is 12.7 Å². The molecule has 150 valence electrons. The number of alkyl halides is 7. The SMILES string of the molecule is NC(=NCc1ccccc1C(F)(F)F)c1ccc2c(c1)OC(F)(F)C(F)(F)O2. The first-order chi connectivity index (χ1) is 12.9. The van der Waals surface area contributed by atoms with Crippen LogP contribution in [-0.4, -0.2) is 18.1 Å². The molecule has 0 atom stereocenters. The minimum Gasteiger partial charge on any atom is -0.421 e. The van der Waals surface area contributed by atoms with E-state index in [2.05, 4.69) is 14.5 Å². The lowest BCUT2D eigenvalue weighted by Crippen LogP contribution is -2.52. The molecule has 0 bridgehead atoms. The van der Waals surface area contributed by atoms with Gasteiger partial charge in [0.2, 0.25) is 0 Å². The predicted octanol–water partition coefficient (Wildman–Crippen LogP) is 4.57. The van der Waals surface area contributed by atoms with Gasteiger partial charge in [-0.1, -0.05) is 18.2 Å². The number of fused-ring (bicyclic) bond motifs is 1. The lowest BCUT2D eigenvalue weighted by molar-refractivity contribution is -0.391. The number of rotatable bonds is 3. The molecule has 0 aliphatic carbocycles. The van der Waals surface area contributed by atoms with Crippen molar-refractivity contribution in [2.75, 3.05) is 0 Å². The van der Waals surface area contributed by atoms with Crippen molar-refractivity contribution in [2.45, 2.75) is 24.9 Å². The zero-order valence-corrected chi connectivity index (χ0v) is 13.7. The molecule has 2 aromatic carbocycles. The molecule has 11 heteroatoms. The number of hydrogen-bond acceptors (Lipinski definition) is 3. The van der Waals surface area contributed by atoms with Crippen LogP contribution in [0, 0.1) is 0 Å². The van der Waals surface area contributed by atoms with E-state index < -0.39 is 42.0 Å². The summed E-state index contributed by atoms with van der Waals surface area (Å²) in [6, 6.07) is 7.64. The molecular formula is C17H11F7N2O2. The fourth-order valence-corrected chi connectivity index (χ4v) is 2.42. The van der Waals surface area contributed by atoms with Crippen LogP contribution in [0.5, 0.6) is 11.5 Å².